The summed E-state index contributed by atoms with van der Waals surface area (Å²) in [4.78, 5) is 4.74. The van der Waals surface area contributed by atoms with Gasteiger partial charge >= 0.3 is 0 Å². The molecule has 7 heteroatoms. The Labute approximate surface area is 193 Å². The van der Waals surface area contributed by atoms with Gasteiger partial charge in [0.2, 0.25) is 0 Å². The van der Waals surface area contributed by atoms with E-state index < -0.39 is 0 Å². The molecule has 1 unspecified atom stereocenters. The minimum absolute atomic E-state index is 0. The molecule has 1 aromatic rings. The molecule has 2 N–H and O–H groups in total. The normalized spacial score (nSPS) is 16.6. The Morgan fingerprint density at radius 1 is 1.31 bits per heavy atom. The van der Waals surface area contributed by atoms with Gasteiger partial charge in [-0.3, -0.25) is 0 Å². The van der Waals surface area contributed by atoms with Crippen LogP contribution < -0.4 is 15.4 Å². The zero-order chi connectivity index (χ0) is 20.2. The SMILES string of the molecule is CCNC(=NCc1ccc(C)cc1OCC1CCOC1)NCCCOC(C)C.I. The van der Waals surface area contributed by atoms with Crippen LogP contribution >= 0.6 is 24.0 Å². The number of benzene rings is 1. The Morgan fingerprint density at radius 2 is 2.14 bits per heavy atom. The van der Waals surface area contributed by atoms with E-state index in [0.29, 0.717) is 19.1 Å². The van der Waals surface area contributed by atoms with E-state index in [2.05, 4.69) is 56.5 Å². The van der Waals surface area contributed by atoms with Gasteiger partial charge in [-0.2, -0.15) is 0 Å². The van der Waals surface area contributed by atoms with Crippen LogP contribution in [-0.2, 0) is 16.0 Å². The van der Waals surface area contributed by atoms with Crippen LogP contribution in [0, 0.1) is 12.8 Å². The molecule has 0 radical (unpaired) electrons. The molecule has 1 aliphatic heterocycles. The van der Waals surface area contributed by atoms with Crippen LogP contribution in [-0.4, -0.2) is 51.6 Å². The van der Waals surface area contributed by atoms with Crippen LogP contribution in [0.15, 0.2) is 23.2 Å². The number of nitrogens with zero attached hydrogens (tertiary/aromatic N) is 1. The summed E-state index contributed by atoms with van der Waals surface area (Å²) in [6.07, 6.45) is 2.30. The average molecular weight is 519 g/mol. The van der Waals surface area contributed by atoms with E-state index in [9.17, 15) is 0 Å². The van der Waals surface area contributed by atoms with Gasteiger partial charge in [0, 0.05) is 37.8 Å². The third-order valence-electron chi connectivity index (χ3n) is 4.54. The molecule has 166 valence electrons. The number of hydrogen-bond acceptors (Lipinski definition) is 4. The first-order chi connectivity index (χ1) is 13.6. The van der Waals surface area contributed by atoms with Crippen LogP contribution in [0.1, 0.15) is 44.7 Å². The lowest BCUT2D eigenvalue weighted by atomic mass is 10.1. The molecule has 1 aromatic carbocycles. The van der Waals surface area contributed by atoms with E-state index in [1.807, 2.05) is 0 Å². The summed E-state index contributed by atoms with van der Waals surface area (Å²) in [7, 11) is 0. The molecular formula is C22H38IN3O3. The largest absolute Gasteiger partial charge is 0.493 e. The molecule has 0 saturated carbocycles. The van der Waals surface area contributed by atoms with Gasteiger partial charge in [0.15, 0.2) is 5.96 Å². The summed E-state index contributed by atoms with van der Waals surface area (Å²) in [6.45, 7) is 13.6. The molecule has 2 rings (SSSR count). The van der Waals surface area contributed by atoms with Crippen LogP contribution in [0.25, 0.3) is 0 Å². The second-order valence-corrected chi connectivity index (χ2v) is 7.55. The van der Waals surface area contributed by atoms with Crippen molar-refractivity contribution in [1.82, 2.24) is 10.6 Å². The highest BCUT2D eigenvalue weighted by Crippen LogP contribution is 2.23. The first-order valence-corrected chi connectivity index (χ1v) is 10.5. The maximum atomic E-state index is 6.12. The highest BCUT2D eigenvalue weighted by Gasteiger charge is 2.17. The summed E-state index contributed by atoms with van der Waals surface area (Å²) in [6, 6.07) is 6.32. The standard InChI is InChI=1S/C22H37N3O3.HI/c1-5-23-22(24-10-6-11-27-17(2)3)25-14-20-8-7-18(4)13-21(20)28-16-19-9-12-26-15-19;/h7-8,13,17,19H,5-6,9-12,14-16H2,1-4H3,(H2,23,24,25);1H. The monoisotopic (exact) mass is 519 g/mol. The molecule has 1 fully saturated rings. The quantitative estimate of drug-likeness (QED) is 0.201. The fourth-order valence-corrected chi connectivity index (χ4v) is 2.95. The number of guanidine groups is 1. The molecule has 1 saturated heterocycles. The minimum atomic E-state index is 0. The molecule has 0 amide bonds. The van der Waals surface area contributed by atoms with E-state index >= 15 is 0 Å². The lowest BCUT2D eigenvalue weighted by Crippen LogP contribution is -2.38. The first-order valence-electron chi connectivity index (χ1n) is 10.5. The second-order valence-electron chi connectivity index (χ2n) is 7.55. The van der Waals surface area contributed by atoms with Crippen LogP contribution in [0.4, 0.5) is 0 Å². The lowest BCUT2D eigenvalue weighted by molar-refractivity contribution is 0.0776. The predicted octanol–water partition coefficient (Wildman–Crippen LogP) is 3.90. The van der Waals surface area contributed by atoms with Gasteiger partial charge in [0.25, 0.3) is 0 Å². The molecule has 1 heterocycles. The van der Waals surface area contributed by atoms with E-state index in [1.54, 1.807) is 0 Å². The van der Waals surface area contributed by atoms with Crippen molar-refractivity contribution >= 4 is 29.9 Å². The van der Waals surface area contributed by atoms with E-state index in [4.69, 9.17) is 19.2 Å². The van der Waals surface area contributed by atoms with Crippen molar-refractivity contribution in [3.8, 4) is 5.75 Å². The zero-order valence-electron chi connectivity index (χ0n) is 18.3. The van der Waals surface area contributed by atoms with Crippen molar-refractivity contribution in [2.45, 2.75) is 53.2 Å². The molecule has 29 heavy (non-hydrogen) atoms. The Hall–Kier alpha value is -1.06. The molecular weight excluding hydrogens is 481 g/mol. The van der Waals surface area contributed by atoms with E-state index in [0.717, 1.165) is 63.0 Å². The lowest BCUT2D eigenvalue weighted by Gasteiger charge is -2.15. The number of aryl methyl sites for hydroxylation is 1. The van der Waals surface area contributed by atoms with Gasteiger partial charge in [0.05, 0.1) is 25.9 Å². The summed E-state index contributed by atoms with van der Waals surface area (Å²) in [5.41, 5.74) is 2.30. The van der Waals surface area contributed by atoms with Crippen molar-refractivity contribution in [3.63, 3.8) is 0 Å². The van der Waals surface area contributed by atoms with Crippen LogP contribution in [0.5, 0.6) is 5.75 Å². The second kappa shape index (κ2) is 14.8. The van der Waals surface area contributed by atoms with Crippen molar-refractivity contribution in [2.24, 2.45) is 10.9 Å². The third kappa shape index (κ3) is 10.5. The summed E-state index contributed by atoms with van der Waals surface area (Å²) in [5, 5.41) is 6.67. The van der Waals surface area contributed by atoms with E-state index in [-0.39, 0.29) is 30.1 Å². The molecule has 0 spiro atoms. The Morgan fingerprint density at radius 3 is 2.83 bits per heavy atom. The fourth-order valence-electron chi connectivity index (χ4n) is 2.95. The van der Waals surface area contributed by atoms with Crippen LogP contribution in [0.2, 0.25) is 0 Å². The molecule has 1 atom stereocenters. The summed E-state index contributed by atoms with van der Waals surface area (Å²) in [5.74, 6) is 2.24. The maximum absolute atomic E-state index is 6.12. The van der Waals surface area contributed by atoms with Crippen molar-refractivity contribution < 1.29 is 14.2 Å². The zero-order valence-corrected chi connectivity index (χ0v) is 20.7. The van der Waals surface area contributed by atoms with Gasteiger partial charge in [-0.1, -0.05) is 12.1 Å². The average Bonchev–Trinajstić information content (AvgIpc) is 3.18. The third-order valence-corrected chi connectivity index (χ3v) is 4.54. The Balaban J connectivity index is 0.00000420. The van der Waals surface area contributed by atoms with Crippen LogP contribution in [0.3, 0.4) is 0 Å². The molecule has 0 bridgehead atoms. The first kappa shape index (κ1) is 26.0. The van der Waals surface area contributed by atoms with Crippen molar-refractivity contribution in [3.05, 3.63) is 29.3 Å². The maximum Gasteiger partial charge on any atom is 0.191 e. The van der Waals surface area contributed by atoms with Gasteiger partial charge in [-0.25, -0.2) is 4.99 Å². The number of aliphatic imine (C=N–C) groups is 1. The number of nitrogens with one attached hydrogen (secondary N) is 2. The highest BCUT2D eigenvalue weighted by molar-refractivity contribution is 14.0. The van der Waals surface area contributed by atoms with E-state index in [1.165, 1.54) is 5.56 Å². The predicted molar refractivity (Wildman–Crippen MR) is 130 cm³/mol. The van der Waals surface area contributed by atoms with Crippen molar-refractivity contribution in [1.29, 1.82) is 0 Å². The van der Waals surface area contributed by atoms with Gasteiger partial charge in [0.1, 0.15) is 5.75 Å². The smallest absolute Gasteiger partial charge is 0.191 e. The molecule has 1 aliphatic rings. The summed E-state index contributed by atoms with van der Waals surface area (Å²) < 4.78 is 17.2. The minimum Gasteiger partial charge on any atom is -0.493 e. The number of halogens is 1. The summed E-state index contributed by atoms with van der Waals surface area (Å²) >= 11 is 0. The molecule has 0 aliphatic carbocycles. The number of ether oxygens (including phenoxy) is 3. The molecule has 6 nitrogen and oxygen atoms in total. The number of rotatable bonds is 11. The number of hydrogen-bond donors (Lipinski definition) is 2. The van der Waals surface area contributed by atoms with Gasteiger partial charge in [-0.15, -0.1) is 24.0 Å². The Bertz CT molecular complexity index is 605. The molecule has 0 aromatic heterocycles. The van der Waals surface area contributed by atoms with Gasteiger partial charge < -0.3 is 24.8 Å². The highest BCUT2D eigenvalue weighted by atomic mass is 127. The van der Waals surface area contributed by atoms with Gasteiger partial charge in [-0.05, 0) is 52.2 Å². The fraction of sp³-hybridized carbons (Fsp3) is 0.682. The Kier molecular flexibility index (Phi) is 13.3. The van der Waals surface area contributed by atoms with Crippen molar-refractivity contribution in [2.75, 3.05) is 39.5 Å². The topological polar surface area (TPSA) is 64.1 Å².